The Bertz CT molecular complexity index is 435. The average molecular weight is 277 g/mol. The second-order valence-corrected chi connectivity index (χ2v) is 5.92. The third-order valence-corrected chi connectivity index (χ3v) is 4.52. The van der Waals surface area contributed by atoms with Crippen molar-refractivity contribution in [2.24, 2.45) is 11.7 Å². The van der Waals surface area contributed by atoms with Crippen molar-refractivity contribution in [1.29, 1.82) is 0 Å². The highest BCUT2D eigenvalue weighted by Crippen LogP contribution is 2.43. The van der Waals surface area contributed by atoms with Gasteiger partial charge in [0.15, 0.2) is 0 Å². The Hall–Kier alpha value is -1.06. The Morgan fingerprint density at radius 1 is 1.40 bits per heavy atom. The summed E-state index contributed by atoms with van der Waals surface area (Å²) in [7, 11) is 1.79. The summed E-state index contributed by atoms with van der Waals surface area (Å²) in [5.41, 5.74) is 7.40. The molecule has 112 valence electrons. The molecule has 0 spiro atoms. The molecule has 2 rings (SSSR count). The van der Waals surface area contributed by atoms with Crippen LogP contribution in [-0.2, 0) is 4.74 Å². The van der Waals surface area contributed by atoms with Gasteiger partial charge in [-0.15, -0.1) is 0 Å². The third kappa shape index (κ3) is 2.99. The molecule has 3 atom stereocenters. The van der Waals surface area contributed by atoms with E-state index in [-0.39, 0.29) is 11.6 Å². The van der Waals surface area contributed by atoms with E-state index in [0.717, 1.165) is 24.2 Å². The van der Waals surface area contributed by atoms with E-state index in [1.807, 2.05) is 25.1 Å². The fraction of sp³-hybridized carbons (Fsp3) is 0.647. The van der Waals surface area contributed by atoms with Crippen molar-refractivity contribution in [3.05, 3.63) is 29.8 Å². The van der Waals surface area contributed by atoms with E-state index < -0.39 is 0 Å². The van der Waals surface area contributed by atoms with Gasteiger partial charge >= 0.3 is 0 Å². The van der Waals surface area contributed by atoms with Crippen molar-refractivity contribution in [3.8, 4) is 5.75 Å². The maximum absolute atomic E-state index is 6.60. The van der Waals surface area contributed by atoms with E-state index in [1.54, 1.807) is 7.11 Å². The summed E-state index contributed by atoms with van der Waals surface area (Å²) >= 11 is 0. The number of hydrogen-bond acceptors (Lipinski definition) is 3. The Kier molecular flexibility index (Phi) is 5.06. The smallest absolute Gasteiger partial charge is 0.124 e. The van der Waals surface area contributed by atoms with E-state index in [0.29, 0.717) is 12.5 Å². The Morgan fingerprint density at radius 3 is 2.80 bits per heavy atom. The van der Waals surface area contributed by atoms with Crippen LogP contribution in [-0.4, -0.2) is 19.3 Å². The summed E-state index contributed by atoms with van der Waals surface area (Å²) in [6, 6.07) is 7.93. The fourth-order valence-electron chi connectivity index (χ4n) is 3.45. The van der Waals surface area contributed by atoms with Crippen LogP contribution in [0.15, 0.2) is 24.3 Å². The highest BCUT2D eigenvalue weighted by atomic mass is 16.5. The lowest BCUT2D eigenvalue weighted by atomic mass is 9.73. The van der Waals surface area contributed by atoms with Gasteiger partial charge in [0.25, 0.3) is 0 Å². The minimum absolute atomic E-state index is 0.141. The van der Waals surface area contributed by atoms with Gasteiger partial charge in [0.05, 0.1) is 18.2 Å². The first-order valence-corrected chi connectivity index (χ1v) is 7.65. The van der Waals surface area contributed by atoms with Crippen LogP contribution in [0.2, 0.25) is 0 Å². The molecule has 3 heteroatoms. The van der Waals surface area contributed by atoms with Crippen molar-refractivity contribution in [3.63, 3.8) is 0 Å². The minimum atomic E-state index is -0.259. The van der Waals surface area contributed by atoms with Gasteiger partial charge in [-0.3, -0.25) is 0 Å². The summed E-state index contributed by atoms with van der Waals surface area (Å²) in [5.74, 6) is 1.55. The summed E-state index contributed by atoms with van der Waals surface area (Å²) in [4.78, 5) is 0. The average Bonchev–Trinajstić information content (AvgIpc) is 2.47. The van der Waals surface area contributed by atoms with E-state index >= 15 is 0 Å². The van der Waals surface area contributed by atoms with Gasteiger partial charge in [-0.2, -0.15) is 0 Å². The molecule has 2 N–H and O–H groups in total. The molecule has 3 unspecified atom stereocenters. The molecular weight excluding hydrogens is 250 g/mol. The lowest BCUT2D eigenvalue weighted by Crippen LogP contribution is -2.46. The molecule has 1 aromatic carbocycles. The number of hydrogen-bond donors (Lipinski definition) is 1. The highest BCUT2D eigenvalue weighted by Gasteiger charge is 2.42. The van der Waals surface area contributed by atoms with E-state index in [4.69, 9.17) is 15.2 Å². The standard InChI is InChI=1S/C17H27NO2/c1-4-20-15-10-6-5-9-14(15)16(18)17(19-3)11-7-8-13(2)12-17/h5-6,9-10,13,16H,4,7-8,11-12,18H2,1-3H3. The predicted octanol–water partition coefficient (Wildman–Crippen LogP) is 3.68. The SMILES string of the molecule is CCOc1ccccc1C(N)C1(OC)CCCC(C)C1. The molecule has 1 fully saturated rings. The van der Waals surface area contributed by atoms with Crippen molar-refractivity contribution in [2.45, 2.75) is 51.2 Å². The zero-order valence-electron chi connectivity index (χ0n) is 12.9. The quantitative estimate of drug-likeness (QED) is 0.893. The lowest BCUT2D eigenvalue weighted by Gasteiger charge is -2.43. The zero-order valence-corrected chi connectivity index (χ0v) is 12.9. The van der Waals surface area contributed by atoms with Crippen LogP contribution in [0.25, 0.3) is 0 Å². The molecule has 0 saturated heterocycles. The molecule has 20 heavy (non-hydrogen) atoms. The van der Waals surface area contributed by atoms with E-state index in [1.165, 1.54) is 12.8 Å². The van der Waals surface area contributed by atoms with Gasteiger partial charge in [0.1, 0.15) is 5.75 Å². The Balaban J connectivity index is 2.30. The maximum Gasteiger partial charge on any atom is 0.124 e. The molecule has 1 aliphatic rings. The molecule has 1 saturated carbocycles. The first kappa shape index (κ1) is 15.3. The van der Waals surface area contributed by atoms with Crippen LogP contribution in [0.4, 0.5) is 0 Å². The first-order valence-electron chi connectivity index (χ1n) is 7.65. The van der Waals surface area contributed by atoms with Crippen LogP contribution < -0.4 is 10.5 Å². The maximum atomic E-state index is 6.60. The number of benzene rings is 1. The van der Waals surface area contributed by atoms with Gasteiger partial charge in [0, 0.05) is 12.7 Å². The summed E-state index contributed by atoms with van der Waals surface area (Å²) in [5, 5.41) is 0. The van der Waals surface area contributed by atoms with Crippen LogP contribution in [0.3, 0.4) is 0 Å². The molecule has 0 aliphatic heterocycles. The third-order valence-electron chi connectivity index (χ3n) is 4.52. The van der Waals surface area contributed by atoms with Crippen LogP contribution in [0.1, 0.15) is 51.1 Å². The number of ether oxygens (including phenoxy) is 2. The van der Waals surface area contributed by atoms with Gasteiger partial charge in [0.2, 0.25) is 0 Å². The Labute approximate surface area is 122 Å². The monoisotopic (exact) mass is 277 g/mol. The minimum Gasteiger partial charge on any atom is -0.494 e. The van der Waals surface area contributed by atoms with Crippen molar-refractivity contribution < 1.29 is 9.47 Å². The van der Waals surface area contributed by atoms with Crippen molar-refractivity contribution in [2.75, 3.05) is 13.7 Å². The highest BCUT2D eigenvalue weighted by molar-refractivity contribution is 5.37. The zero-order chi connectivity index (χ0) is 14.6. The lowest BCUT2D eigenvalue weighted by molar-refractivity contribution is -0.0722. The first-order chi connectivity index (χ1) is 9.63. The van der Waals surface area contributed by atoms with Gasteiger partial charge in [-0.05, 0) is 31.7 Å². The van der Waals surface area contributed by atoms with Gasteiger partial charge < -0.3 is 15.2 Å². The normalized spacial score (nSPS) is 28.1. The molecular formula is C17H27NO2. The topological polar surface area (TPSA) is 44.5 Å². The van der Waals surface area contributed by atoms with Crippen LogP contribution >= 0.6 is 0 Å². The van der Waals surface area contributed by atoms with Crippen molar-refractivity contribution in [1.82, 2.24) is 0 Å². The number of rotatable bonds is 5. The molecule has 0 aromatic heterocycles. The summed E-state index contributed by atoms with van der Waals surface area (Å²) < 4.78 is 11.6. The van der Waals surface area contributed by atoms with E-state index in [2.05, 4.69) is 13.0 Å². The van der Waals surface area contributed by atoms with Gasteiger partial charge in [-0.25, -0.2) is 0 Å². The molecule has 3 nitrogen and oxygen atoms in total. The molecule has 1 aliphatic carbocycles. The second-order valence-electron chi connectivity index (χ2n) is 5.92. The fourth-order valence-corrected chi connectivity index (χ4v) is 3.45. The number of nitrogens with two attached hydrogens (primary N) is 1. The summed E-state index contributed by atoms with van der Waals surface area (Å²) in [6.07, 6.45) is 4.49. The second kappa shape index (κ2) is 6.59. The molecule has 0 amide bonds. The van der Waals surface area contributed by atoms with Crippen LogP contribution in [0.5, 0.6) is 5.75 Å². The van der Waals surface area contributed by atoms with Crippen molar-refractivity contribution >= 4 is 0 Å². The number of para-hydroxylation sites is 1. The molecule has 0 heterocycles. The molecule has 0 bridgehead atoms. The van der Waals surface area contributed by atoms with Crippen LogP contribution in [0, 0.1) is 5.92 Å². The van der Waals surface area contributed by atoms with E-state index in [9.17, 15) is 0 Å². The Morgan fingerprint density at radius 2 is 2.15 bits per heavy atom. The number of methoxy groups -OCH3 is 1. The molecule has 0 radical (unpaired) electrons. The molecule has 1 aromatic rings. The van der Waals surface area contributed by atoms with Gasteiger partial charge in [-0.1, -0.05) is 38.0 Å². The largest absolute Gasteiger partial charge is 0.494 e. The predicted molar refractivity (Wildman–Crippen MR) is 81.9 cm³/mol. The summed E-state index contributed by atoms with van der Waals surface area (Å²) in [6.45, 7) is 4.94.